The van der Waals surface area contributed by atoms with Crippen molar-refractivity contribution in [3.8, 4) is 0 Å². The molecule has 0 aromatic heterocycles. The van der Waals surface area contributed by atoms with Crippen molar-refractivity contribution in [2.45, 2.75) is 32.8 Å². The second-order valence-electron chi connectivity index (χ2n) is 4.09. The van der Waals surface area contributed by atoms with Crippen molar-refractivity contribution in [1.29, 1.82) is 0 Å². The Labute approximate surface area is 112 Å². The fourth-order valence-electron chi connectivity index (χ4n) is 1.35. The average Bonchev–Trinajstić information content (AvgIpc) is 2.34. The number of carbonyl (C=O) groups is 1. The van der Waals surface area contributed by atoms with Gasteiger partial charge in [-0.3, -0.25) is 4.79 Å². The molecule has 0 spiro atoms. The van der Waals surface area contributed by atoms with Crippen molar-refractivity contribution < 1.29 is 9.53 Å². The van der Waals surface area contributed by atoms with Crippen LogP contribution >= 0.6 is 11.6 Å². The molecule has 0 radical (unpaired) electrons. The number of anilines is 2. The van der Waals surface area contributed by atoms with Gasteiger partial charge in [0.2, 0.25) is 0 Å². The van der Waals surface area contributed by atoms with Gasteiger partial charge in [-0.05, 0) is 31.5 Å². The fraction of sp³-hybridized carbons (Fsp3) is 0.462. The lowest BCUT2D eigenvalue weighted by atomic mass is 10.2. The van der Waals surface area contributed by atoms with Crippen LogP contribution in [0.15, 0.2) is 18.2 Å². The highest BCUT2D eigenvalue weighted by Gasteiger charge is 2.14. The Bertz CT molecular complexity index is 410. The molecule has 0 saturated carbocycles. The molecule has 1 aromatic carbocycles. The van der Waals surface area contributed by atoms with Gasteiger partial charge in [0.05, 0.1) is 11.4 Å². The maximum atomic E-state index is 11.8. The quantitative estimate of drug-likeness (QED) is 0.617. The van der Waals surface area contributed by atoms with E-state index in [2.05, 4.69) is 12.2 Å². The van der Waals surface area contributed by atoms with Crippen LogP contribution in [0.25, 0.3) is 0 Å². The van der Waals surface area contributed by atoms with E-state index in [9.17, 15) is 4.79 Å². The number of nitrogens with one attached hydrogen (secondary N) is 1. The number of nitrogens with two attached hydrogens (primary N) is 1. The number of ether oxygens (including phenoxy) is 1. The number of halogens is 1. The number of hydrogen-bond donors (Lipinski definition) is 2. The monoisotopic (exact) mass is 270 g/mol. The van der Waals surface area contributed by atoms with Gasteiger partial charge in [0.15, 0.2) is 0 Å². The summed E-state index contributed by atoms with van der Waals surface area (Å²) >= 11 is 5.84. The number of hydrogen-bond acceptors (Lipinski definition) is 3. The van der Waals surface area contributed by atoms with Crippen molar-refractivity contribution in [3.63, 3.8) is 0 Å². The molecule has 0 aliphatic carbocycles. The lowest BCUT2D eigenvalue weighted by Gasteiger charge is -2.14. The maximum absolute atomic E-state index is 11.8. The van der Waals surface area contributed by atoms with Crippen LogP contribution in [0.4, 0.5) is 11.4 Å². The number of carbonyl (C=O) groups excluding carboxylic acids is 1. The molecule has 1 atom stereocenters. The Morgan fingerprint density at radius 1 is 1.56 bits per heavy atom. The van der Waals surface area contributed by atoms with E-state index in [-0.39, 0.29) is 5.91 Å². The minimum Gasteiger partial charge on any atom is -0.397 e. The molecule has 5 heteroatoms. The first-order valence-corrected chi connectivity index (χ1v) is 6.40. The van der Waals surface area contributed by atoms with Crippen LogP contribution in [0.1, 0.15) is 26.7 Å². The summed E-state index contributed by atoms with van der Waals surface area (Å²) in [6, 6.07) is 4.95. The van der Waals surface area contributed by atoms with Gasteiger partial charge in [0.25, 0.3) is 5.91 Å². The van der Waals surface area contributed by atoms with Crippen LogP contribution in [0, 0.1) is 0 Å². The van der Waals surface area contributed by atoms with Gasteiger partial charge in [-0.2, -0.15) is 0 Å². The van der Waals surface area contributed by atoms with Gasteiger partial charge in [-0.15, -0.1) is 0 Å². The molecule has 18 heavy (non-hydrogen) atoms. The first-order valence-electron chi connectivity index (χ1n) is 6.02. The van der Waals surface area contributed by atoms with Crippen molar-refractivity contribution >= 4 is 28.9 Å². The number of benzene rings is 1. The third-order valence-electron chi connectivity index (χ3n) is 2.51. The normalized spacial score (nSPS) is 12.2. The predicted molar refractivity (Wildman–Crippen MR) is 74.8 cm³/mol. The zero-order valence-electron chi connectivity index (χ0n) is 10.7. The molecule has 1 aromatic rings. The van der Waals surface area contributed by atoms with E-state index in [0.717, 1.165) is 12.8 Å². The van der Waals surface area contributed by atoms with E-state index in [1.54, 1.807) is 25.1 Å². The number of nitrogen functional groups attached to an aromatic ring is 1. The molecule has 0 aliphatic rings. The lowest BCUT2D eigenvalue weighted by molar-refractivity contribution is -0.126. The Balaban J connectivity index is 2.55. The molecule has 0 heterocycles. The second kappa shape index (κ2) is 7.24. The molecule has 4 nitrogen and oxygen atoms in total. The molecule has 1 amide bonds. The predicted octanol–water partition coefficient (Wildman–Crippen LogP) is 3.07. The Morgan fingerprint density at radius 2 is 2.28 bits per heavy atom. The average molecular weight is 271 g/mol. The zero-order valence-corrected chi connectivity index (χ0v) is 11.5. The van der Waals surface area contributed by atoms with Crippen LogP contribution in [-0.2, 0) is 9.53 Å². The molecular formula is C13H19ClN2O2. The summed E-state index contributed by atoms with van der Waals surface area (Å²) in [5.74, 6) is -0.222. The van der Waals surface area contributed by atoms with Gasteiger partial charge in [0, 0.05) is 11.6 Å². The van der Waals surface area contributed by atoms with Gasteiger partial charge in [-0.1, -0.05) is 24.9 Å². The minimum absolute atomic E-state index is 0.222. The lowest BCUT2D eigenvalue weighted by Crippen LogP contribution is -2.28. The summed E-state index contributed by atoms with van der Waals surface area (Å²) in [6.07, 6.45) is 1.47. The second-order valence-corrected chi connectivity index (χ2v) is 4.52. The van der Waals surface area contributed by atoms with E-state index in [4.69, 9.17) is 22.1 Å². The standard InChI is InChI=1S/C13H19ClN2O2/c1-3-4-7-18-9(2)13(17)16-12-8-10(14)5-6-11(12)15/h5-6,8-9H,3-4,7,15H2,1-2H3,(H,16,17). The van der Waals surface area contributed by atoms with Crippen molar-refractivity contribution in [2.75, 3.05) is 17.7 Å². The first-order chi connectivity index (χ1) is 8.54. The Morgan fingerprint density at radius 3 is 2.94 bits per heavy atom. The Kier molecular flexibility index (Phi) is 5.95. The number of unbranched alkanes of at least 4 members (excludes halogenated alkanes) is 1. The molecule has 1 unspecified atom stereocenters. The van der Waals surface area contributed by atoms with E-state index in [1.165, 1.54) is 0 Å². The van der Waals surface area contributed by atoms with Crippen molar-refractivity contribution in [3.05, 3.63) is 23.2 Å². The molecule has 3 N–H and O–H groups in total. The van der Waals surface area contributed by atoms with E-state index < -0.39 is 6.10 Å². The minimum atomic E-state index is -0.505. The fourth-order valence-corrected chi connectivity index (χ4v) is 1.52. The summed E-state index contributed by atoms with van der Waals surface area (Å²) in [7, 11) is 0. The highest BCUT2D eigenvalue weighted by molar-refractivity contribution is 6.31. The van der Waals surface area contributed by atoms with E-state index in [1.807, 2.05) is 0 Å². The highest BCUT2D eigenvalue weighted by atomic mass is 35.5. The third-order valence-corrected chi connectivity index (χ3v) is 2.74. The molecular weight excluding hydrogens is 252 g/mol. The van der Waals surface area contributed by atoms with Crippen molar-refractivity contribution in [1.82, 2.24) is 0 Å². The van der Waals surface area contributed by atoms with Gasteiger partial charge < -0.3 is 15.8 Å². The van der Waals surface area contributed by atoms with E-state index >= 15 is 0 Å². The molecule has 0 bridgehead atoms. The van der Waals surface area contributed by atoms with Crippen LogP contribution < -0.4 is 11.1 Å². The summed E-state index contributed by atoms with van der Waals surface area (Å²) in [5, 5.41) is 3.23. The Hall–Kier alpha value is -1.26. The molecule has 1 rings (SSSR count). The molecule has 100 valence electrons. The maximum Gasteiger partial charge on any atom is 0.253 e. The largest absolute Gasteiger partial charge is 0.397 e. The third kappa shape index (κ3) is 4.55. The van der Waals surface area contributed by atoms with Crippen molar-refractivity contribution in [2.24, 2.45) is 0 Å². The SMILES string of the molecule is CCCCOC(C)C(=O)Nc1cc(Cl)ccc1N. The topological polar surface area (TPSA) is 64.3 Å². The summed E-state index contributed by atoms with van der Waals surface area (Å²) in [4.78, 5) is 11.8. The highest BCUT2D eigenvalue weighted by Crippen LogP contribution is 2.23. The van der Waals surface area contributed by atoms with Crippen LogP contribution in [0.5, 0.6) is 0 Å². The van der Waals surface area contributed by atoms with Crippen LogP contribution in [0.2, 0.25) is 5.02 Å². The summed E-state index contributed by atoms with van der Waals surface area (Å²) < 4.78 is 5.40. The summed E-state index contributed by atoms with van der Waals surface area (Å²) in [5.41, 5.74) is 6.74. The van der Waals surface area contributed by atoms with Crippen LogP contribution in [0.3, 0.4) is 0 Å². The molecule has 0 fully saturated rings. The number of amides is 1. The smallest absolute Gasteiger partial charge is 0.253 e. The molecule has 0 saturated heterocycles. The van der Waals surface area contributed by atoms with E-state index in [0.29, 0.717) is 23.0 Å². The zero-order chi connectivity index (χ0) is 13.5. The summed E-state index contributed by atoms with van der Waals surface area (Å²) in [6.45, 7) is 4.36. The van der Waals surface area contributed by atoms with Gasteiger partial charge >= 0.3 is 0 Å². The van der Waals surface area contributed by atoms with Gasteiger partial charge in [-0.25, -0.2) is 0 Å². The number of rotatable bonds is 6. The van der Waals surface area contributed by atoms with Crippen LogP contribution in [-0.4, -0.2) is 18.6 Å². The van der Waals surface area contributed by atoms with Gasteiger partial charge in [0.1, 0.15) is 6.10 Å². The molecule has 0 aliphatic heterocycles. The first kappa shape index (κ1) is 14.8.